The lowest BCUT2D eigenvalue weighted by Crippen LogP contribution is -2.18. The van der Waals surface area contributed by atoms with Crippen LogP contribution >= 0.6 is 0 Å². The molecule has 0 N–H and O–H groups in total. The van der Waals surface area contributed by atoms with E-state index in [4.69, 9.17) is 9.47 Å². The van der Waals surface area contributed by atoms with Crippen LogP contribution in [0.2, 0.25) is 0 Å². The monoisotopic (exact) mass is 514 g/mol. The first-order valence-electron chi connectivity index (χ1n) is 13.9. The Bertz CT molecular complexity index is 1130. The van der Waals surface area contributed by atoms with Gasteiger partial charge < -0.3 is 9.47 Å². The highest BCUT2D eigenvalue weighted by Crippen LogP contribution is 2.27. The van der Waals surface area contributed by atoms with Crippen LogP contribution in [0.15, 0.2) is 60.2 Å². The Morgan fingerprint density at radius 1 is 0.974 bits per heavy atom. The molecule has 0 amide bonds. The Hall–Kier alpha value is -3.32. The summed E-state index contributed by atoms with van der Waals surface area (Å²) < 4.78 is 10.9. The molecule has 38 heavy (non-hydrogen) atoms. The summed E-state index contributed by atoms with van der Waals surface area (Å²) in [6, 6.07) is 16.1. The normalized spacial score (nSPS) is 16.2. The Kier molecular flexibility index (Phi) is 11.2. The molecule has 3 rings (SSSR count). The second kappa shape index (κ2) is 14.6. The molecule has 0 aromatic heterocycles. The number of allylic oxidation sites excluding steroid dienone is 1. The minimum absolute atomic E-state index is 0.108. The average Bonchev–Trinajstić information content (AvgIpc) is 3.23. The van der Waals surface area contributed by atoms with Gasteiger partial charge in [-0.25, -0.2) is 4.79 Å². The molecule has 1 heterocycles. The minimum atomic E-state index is -0.391. The van der Waals surface area contributed by atoms with Gasteiger partial charge in [0.05, 0.1) is 0 Å². The molecule has 0 spiro atoms. The van der Waals surface area contributed by atoms with Crippen molar-refractivity contribution in [2.24, 2.45) is 17.8 Å². The Morgan fingerprint density at radius 3 is 2.13 bits per heavy atom. The quantitative estimate of drug-likeness (QED) is 0.181. The lowest BCUT2D eigenvalue weighted by atomic mass is 9.86. The third-order valence-corrected chi connectivity index (χ3v) is 6.70. The average molecular weight is 515 g/mol. The van der Waals surface area contributed by atoms with Gasteiger partial charge in [0.1, 0.15) is 12.7 Å². The molecular weight excluding hydrogens is 472 g/mol. The molecule has 2 aromatic carbocycles. The maximum Gasteiger partial charge on any atom is 0.334 e. The van der Waals surface area contributed by atoms with Gasteiger partial charge in [0.2, 0.25) is 0 Å². The van der Waals surface area contributed by atoms with Crippen molar-refractivity contribution >= 4 is 11.9 Å². The molecule has 0 aliphatic carbocycles. The fourth-order valence-electron chi connectivity index (χ4n) is 4.83. The van der Waals surface area contributed by atoms with Gasteiger partial charge in [0, 0.05) is 29.5 Å². The largest absolute Gasteiger partial charge is 0.462 e. The minimum Gasteiger partial charge on any atom is -0.462 e. The van der Waals surface area contributed by atoms with E-state index in [1.807, 2.05) is 36.4 Å². The van der Waals surface area contributed by atoms with E-state index >= 15 is 0 Å². The van der Waals surface area contributed by atoms with Crippen LogP contribution in [0.5, 0.6) is 0 Å². The van der Waals surface area contributed by atoms with E-state index in [9.17, 15) is 9.59 Å². The van der Waals surface area contributed by atoms with Crippen molar-refractivity contribution < 1.29 is 19.1 Å². The third kappa shape index (κ3) is 10.2. The van der Waals surface area contributed by atoms with Crippen LogP contribution in [0, 0.1) is 36.5 Å². The second-order valence-electron chi connectivity index (χ2n) is 11.3. The van der Waals surface area contributed by atoms with Crippen LogP contribution < -0.4 is 0 Å². The number of benzene rings is 2. The Labute approximate surface area is 228 Å². The van der Waals surface area contributed by atoms with E-state index in [-0.39, 0.29) is 25.0 Å². The SMILES string of the molecule is Cc1ccc(C#Cc2ccc(CCC(=O)OCC3C/C(=C\CC(CC(C)C)CC(C)C)C(=O)O3)cc2)cc1. The van der Waals surface area contributed by atoms with Gasteiger partial charge in [-0.15, -0.1) is 0 Å². The lowest BCUT2D eigenvalue weighted by molar-refractivity contribution is -0.152. The van der Waals surface area contributed by atoms with Crippen molar-refractivity contribution in [2.45, 2.75) is 79.2 Å². The summed E-state index contributed by atoms with van der Waals surface area (Å²) in [6.07, 6.45) is 6.24. The molecule has 1 unspecified atom stereocenters. The van der Waals surface area contributed by atoms with E-state index in [0.29, 0.717) is 36.2 Å². The zero-order valence-corrected chi connectivity index (χ0v) is 23.6. The topological polar surface area (TPSA) is 52.6 Å². The molecule has 0 saturated carbocycles. The molecule has 1 aliphatic rings. The predicted octanol–water partition coefficient (Wildman–Crippen LogP) is 7.21. The standard InChI is InChI=1S/C34H42O4/c1-24(2)20-30(21-25(3)4)16-18-31-22-32(38-34(31)36)23-37-33(35)19-17-29-14-12-28(13-15-29)11-10-27-8-6-26(5)7-9-27/h6-9,12-15,18,24-25,30,32H,16-17,19-23H2,1-5H3/b31-18+. The summed E-state index contributed by atoms with van der Waals surface area (Å²) in [7, 11) is 0. The molecule has 4 nitrogen and oxygen atoms in total. The molecule has 0 radical (unpaired) electrons. The lowest BCUT2D eigenvalue weighted by Gasteiger charge is -2.19. The molecule has 1 aliphatic heterocycles. The van der Waals surface area contributed by atoms with E-state index < -0.39 is 6.10 Å². The molecular formula is C34H42O4. The first-order valence-corrected chi connectivity index (χ1v) is 13.9. The van der Waals surface area contributed by atoms with Gasteiger partial charge in [-0.2, -0.15) is 0 Å². The predicted molar refractivity (Wildman–Crippen MR) is 152 cm³/mol. The van der Waals surface area contributed by atoms with E-state index in [2.05, 4.69) is 64.7 Å². The summed E-state index contributed by atoms with van der Waals surface area (Å²) in [6.45, 7) is 11.1. The zero-order valence-electron chi connectivity index (χ0n) is 23.6. The van der Waals surface area contributed by atoms with E-state index in [1.165, 1.54) is 5.56 Å². The summed E-state index contributed by atoms with van der Waals surface area (Å²) >= 11 is 0. The molecule has 1 atom stereocenters. The molecule has 1 fully saturated rings. The number of cyclic esters (lactones) is 1. The van der Waals surface area contributed by atoms with Crippen molar-refractivity contribution in [2.75, 3.05) is 6.61 Å². The van der Waals surface area contributed by atoms with Crippen molar-refractivity contribution in [3.63, 3.8) is 0 Å². The van der Waals surface area contributed by atoms with Crippen LogP contribution in [0.1, 0.15) is 82.1 Å². The van der Waals surface area contributed by atoms with Crippen LogP contribution in [0.25, 0.3) is 0 Å². The van der Waals surface area contributed by atoms with Crippen molar-refractivity contribution in [1.29, 1.82) is 0 Å². The number of hydrogen-bond donors (Lipinski definition) is 0. The van der Waals surface area contributed by atoms with Gasteiger partial charge in [-0.1, -0.05) is 75.4 Å². The fourth-order valence-corrected chi connectivity index (χ4v) is 4.83. The highest BCUT2D eigenvalue weighted by Gasteiger charge is 2.30. The van der Waals surface area contributed by atoms with Crippen LogP contribution in [0.3, 0.4) is 0 Å². The number of hydrogen-bond acceptors (Lipinski definition) is 4. The fraction of sp³-hybridized carbons (Fsp3) is 0.471. The van der Waals surface area contributed by atoms with Crippen molar-refractivity contribution in [1.82, 2.24) is 0 Å². The smallest absolute Gasteiger partial charge is 0.334 e. The van der Waals surface area contributed by atoms with Crippen LogP contribution in [-0.2, 0) is 25.5 Å². The van der Waals surface area contributed by atoms with Gasteiger partial charge in [0.15, 0.2) is 0 Å². The van der Waals surface area contributed by atoms with E-state index in [1.54, 1.807) is 0 Å². The van der Waals surface area contributed by atoms with Gasteiger partial charge in [-0.3, -0.25) is 4.79 Å². The molecule has 1 saturated heterocycles. The number of aryl methyl sites for hydroxylation is 2. The highest BCUT2D eigenvalue weighted by molar-refractivity contribution is 5.90. The number of rotatable bonds is 11. The Balaban J connectivity index is 1.41. The Morgan fingerprint density at radius 2 is 1.55 bits per heavy atom. The summed E-state index contributed by atoms with van der Waals surface area (Å²) in [5, 5.41) is 0. The molecule has 0 bridgehead atoms. The van der Waals surface area contributed by atoms with Gasteiger partial charge in [-0.05, 0) is 80.2 Å². The molecule has 2 aromatic rings. The van der Waals surface area contributed by atoms with Crippen molar-refractivity contribution in [3.8, 4) is 11.8 Å². The van der Waals surface area contributed by atoms with Crippen LogP contribution in [-0.4, -0.2) is 24.6 Å². The summed E-state index contributed by atoms with van der Waals surface area (Å²) in [5.41, 5.74) is 4.90. The highest BCUT2D eigenvalue weighted by atomic mass is 16.6. The second-order valence-corrected chi connectivity index (χ2v) is 11.3. The molecule has 4 heteroatoms. The van der Waals surface area contributed by atoms with Crippen LogP contribution in [0.4, 0.5) is 0 Å². The number of carbonyl (C=O) groups is 2. The summed E-state index contributed by atoms with van der Waals surface area (Å²) in [5.74, 6) is 7.63. The molecule has 202 valence electrons. The van der Waals surface area contributed by atoms with Crippen molar-refractivity contribution in [3.05, 3.63) is 82.4 Å². The number of carbonyl (C=O) groups excluding carboxylic acids is 2. The third-order valence-electron chi connectivity index (χ3n) is 6.70. The zero-order chi connectivity index (χ0) is 27.5. The first-order chi connectivity index (χ1) is 18.2. The maximum absolute atomic E-state index is 12.3. The van der Waals surface area contributed by atoms with Gasteiger partial charge in [0.25, 0.3) is 0 Å². The van der Waals surface area contributed by atoms with Gasteiger partial charge >= 0.3 is 11.9 Å². The number of ether oxygens (including phenoxy) is 2. The number of esters is 2. The maximum atomic E-state index is 12.3. The van der Waals surface area contributed by atoms with E-state index in [0.717, 1.165) is 36.0 Å². The first kappa shape index (κ1) is 29.2. The summed E-state index contributed by atoms with van der Waals surface area (Å²) in [4.78, 5) is 24.6.